The molecule has 5 nitrogen and oxygen atoms in total. The molecule has 0 heterocycles. The molecule has 5 heteroatoms. The summed E-state index contributed by atoms with van der Waals surface area (Å²) >= 11 is 0. The normalized spacial score (nSPS) is 19.6. The molecule has 2 unspecified atom stereocenters. The molecule has 1 N–H and O–H groups in total. The number of nitrogens with zero attached hydrogens (tertiary/aromatic N) is 2. The smallest absolute Gasteiger partial charge is 0.105 e. The van der Waals surface area contributed by atoms with Gasteiger partial charge in [-0.25, -0.2) is 0 Å². The fourth-order valence-electron chi connectivity index (χ4n) is 2.50. The summed E-state index contributed by atoms with van der Waals surface area (Å²) in [6.45, 7) is 7.32. The summed E-state index contributed by atoms with van der Waals surface area (Å²) in [7, 11) is 3.43. The second kappa shape index (κ2) is 8.58. The average molecular weight is 283 g/mol. The zero-order valence-corrected chi connectivity index (χ0v) is 13.3. The molecule has 0 aromatic carbocycles. The Bertz CT molecular complexity index is 307. The van der Waals surface area contributed by atoms with Crippen LogP contribution in [0, 0.1) is 11.3 Å². The van der Waals surface area contributed by atoms with Crippen LogP contribution in [0.1, 0.15) is 33.1 Å². The molecule has 1 saturated carbocycles. The number of ether oxygens (including phenoxy) is 2. The van der Waals surface area contributed by atoms with Gasteiger partial charge in [0.15, 0.2) is 0 Å². The van der Waals surface area contributed by atoms with E-state index in [9.17, 15) is 5.26 Å². The van der Waals surface area contributed by atoms with E-state index in [1.54, 1.807) is 14.2 Å². The maximum absolute atomic E-state index is 9.46. The van der Waals surface area contributed by atoms with Gasteiger partial charge in [0.25, 0.3) is 0 Å². The second-order valence-electron chi connectivity index (χ2n) is 5.94. The summed E-state index contributed by atoms with van der Waals surface area (Å²) in [5.41, 5.74) is -0.445. The SMILES string of the molecule is COCCN(CCOC)C(C)CC(C)(C#N)NC1CC1. The predicted molar refractivity (Wildman–Crippen MR) is 79.6 cm³/mol. The Balaban J connectivity index is 2.52. The molecular weight excluding hydrogens is 254 g/mol. The Kier molecular flexibility index (Phi) is 7.46. The van der Waals surface area contributed by atoms with E-state index in [0.717, 1.165) is 19.5 Å². The highest BCUT2D eigenvalue weighted by atomic mass is 16.5. The fraction of sp³-hybridized carbons (Fsp3) is 0.933. The summed E-state index contributed by atoms with van der Waals surface area (Å²) in [5.74, 6) is 0. The lowest BCUT2D eigenvalue weighted by Crippen LogP contribution is -2.49. The van der Waals surface area contributed by atoms with Gasteiger partial charge in [-0.2, -0.15) is 5.26 Å². The van der Waals surface area contributed by atoms with Crippen molar-refractivity contribution in [2.45, 2.75) is 50.7 Å². The fourth-order valence-corrected chi connectivity index (χ4v) is 2.50. The minimum Gasteiger partial charge on any atom is -0.383 e. The van der Waals surface area contributed by atoms with Crippen molar-refractivity contribution in [3.8, 4) is 6.07 Å². The van der Waals surface area contributed by atoms with Gasteiger partial charge in [0, 0.05) is 39.4 Å². The number of rotatable bonds is 11. The van der Waals surface area contributed by atoms with E-state index < -0.39 is 5.54 Å². The summed E-state index contributed by atoms with van der Waals surface area (Å²) in [6.07, 6.45) is 3.21. The zero-order valence-electron chi connectivity index (χ0n) is 13.3. The van der Waals surface area contributed by atoms with Crippen molar-refractivity contribution in [3.05, 3.63) is 0 Å². The first-order chi connectivity index (χ1) is 9.54. The van der Waals surface area contributed by atoms with E-state index in [1.807, 2.05) is 6.92 Å². The van der Waals surface area contributed by atoms with Crippen LogP contribution in [0.25, 0.3) is 0 Å². The molecular formula is C15H29N3O2. The zero-order chi connectivity index (χ0) is 15.0. The van der Waals surface area contributed by atoms with Gasteiger partial charge >= 0.3 is 0 Å². The van der Waals surface area contributed by atoms with E-state index in [0.29, 0.717) is 25.3 Å². The van der Waals surface area contributed by atoms with Crippen LogP contribution >= 0.6 is 0 Å². The van der Waals surface area contributed by atoms with Crippen LogP contribution < -0.4 is 5.32 Å². The number of nitrogens with one attached hydrogen (secondary N) is 1. The Morgan fingerprint density at radius 2 is 1.85 bits per heavy atom. The van der Waals surface area contributed by atoms with Gasteiger partial charge in [-0.1, -0.05) is 0 Å². The molecule has 116 valence electrons. The third kappa shape index (κ3) is 6.19. The van der Waals surface area contributed by atoms with E-state index in [4.69, 9.17) is 9.47 Å². The van der Waals surface area contributed by atoms with Crippen LogP contribution in [0.5, 0.6) is 0 Å². The van der Waals surface area contributed by atoms with E-state index in [1.165, 1.54) is 12.8 Å². The monoisotopic (exact) mass is 283 g/mol. The van der Waals surface area contributed by atoms with Crippen LogP contribution in [0.15, 0.2) is 0 Å². The highest BCUT2D eigenvalue weighted by Crippen LogP contribution is 2.25. The maximum atomic E-state index is 9.46. The molecule has 1 rings (SSSR count). The lowest BCUT2D eigenvalue weighted by atomic mass is 9.94. The first-order valence-corrected chi connectivity index (χ1v) is 7.45. The maximum Gasteiger partial charge on any atom is 0.105 e. The molecule has 0 aliphatic heterocycles. The van der Waals surface area contributed by atoms with Crippen molar-refractivity contribution in [3.63, 3.8) is 0 Å². The number of nitriles is 1. The number of hydrogen-bond acceptors (Lipinski definition) is 5. The Labute approximate surface area is 123 Å². The van der Waals surface area contributed by atoms with Crippen LogP contribution in [0.3, 0.4) is 0 Å². The van der Waals surface area contributed by atoms with Crippen molar-refractivity contribution >= 4 is 0 Å². The topological polar surface area (TPSA) is 57.5 Å². The minimum atomic E-state index is -0.445. The summed E-state index contributed by atoms with van der Waals surface area (Å²) in [4.78, 5) is 2.33. The molecule has 0 bridgehead atoms. The van der Waals surface area contributed by atoms with Gasteiger partial charge in [-0.3, -0.25) is 10.2 Å². The molecule has 0 amide bonds. The molecule has 0 radical (unpaired) electrons. The molecule has 2 atom stereocenters. The van der Waals surface area contributed by atoms with E-state index >= 15 is 0 Å². The van der Waals surface area contributed by atoms with Crippen molar-refractivity contribution in [2.24, 2.45) is 0 Å². The molecule has 0 aromatic rings. The molecule has 20 heavy (non-hydrogen) atoms. The summed E-state index contributed by atoms with van der Waals surface area (Å²) < 4.78 is 10.3. The predicted octanol–water partition coefficient (Wildman–Crippen LogP) is 1.39. The van der Waals surface area contributed by atoms with Gasteiger partial charge < -0.3 is 9.47 Å². The van der Waals surface area contributed by atoms with Crippen LogP contribution in [-0.4, -0.2) is 63.0 Å². The first kappa shape index (κ1) is 17.4. The summed E-state index contributed by atoms with van der Waals surface area (Å²) in [5, 5.41) is 12.9. The Morgan fingerprint density at radius 3 is 2.25 bits per heavy atom. The van der Waals surface area contributed by atoms with Gasteiger partial charge in [0.2, 0.25) is 0 Å². The summed E-state index contributed by atoms with van der Waals surface area (Å²) in [6, 6.07) is 3.30. The molecule has 0 saturated heterocycles. The number of hydrogen-bond donors (Lipinski definition) is 1. The van der Waals surface area contributed by atoms with Crippen LogP contribution in [0.2, 0.25) is 0 Å². The molecule has 1 aliphatic rings. The van der Waals surface area contributed by atoms with Gasteiger partial charge in [0.05, 0.1) is 19.3 Å². The van der Waals surface area contributed by atoms with Crippen molar-refractivity contribution in [2.75, 3.05) is 40.5 Å². The molecule has 1 fully saturated rings. The highest BCUT2D eigenvalue weighted by Gasteiger charge is 2.34. The minimum absolute atomic E-state index is 0.316. The van der Waals surface area contributed by atoms with Crippen LogP contribution in [-0.2, 0) is 9.47 Å². The lowest BCUT2D eigenvalue weighted by Gasteiger charge is -2.34. The molecule has 0 spiro atoms. The Morgan fingerprint density at radius 1 is 1.30 bits per heavy atom. The lowest BCUT2D eigenvalue weighted by molar-refractivity contribution is 0.0831. The molecule has 1 aliphatic carbocycles. The standard InChI is InChI=1S/C15H29N3O2/c1-13(18(7-9-19-3)8-10-20-4)11-15(2,12-16)17-14-5-6-14/h13-14,17H,5-11H2,1-4H3. The molecule has 0 aromatic heterocycles. The van der Waals surface area contributed by atoms with Gasteiger partial charge in [-0.05, 0) is 33.1 Å². The van der Waals surface area contributed by atoms with Crippen molar-refractivity contribution in [1.82, 2.24) is 10.2 Å². The van der Waals surface area contributed by atoms with Gasteiger partial charge in [-0.15, -0.1) is 0 Å². The van der Waals surface area contributed by atoms with Crippen molar-refractivity contribution in [1.29, 1.82) is 5.26 Å². The third-order valence-electron chi connectivity index (χ3n) is 3.84. The largest absolute Gasteiger partial charge is 0.383 e. The van der Waals surface area contributed by atoms with E-state index in [-0.39, 0.29) is 0 Å². The van der Waals surface area contributed by atoms with Crippen LogP contribution in [0.4, 0.5) is 0 Å². The van der Waals surface area contributed by atoms with E-state index in [2.05, 4.69) is 23.2 Å². The Hall–Kier alpha value is -0.670. The van der Waals surface area contributed by atoms with Gasteiger partial charge in [0.1, 0.15) is 5.54 Å². The quantitative estimate of drug-likeness (QED) is 0.621. The number of methoxy groups -OCH3 is 2. The van der Waals surface area contributed by atoms with Crippen molar-refractivity contribution < 1.29 is 9.47 Å². The highest BCUT2D eigenvalue weighted by molar-refractivity contribution is 5.08. The second-order valence-corrected chi connectivity index (χ2v) is 5.94. The third-order valence-corrected chi connectivity index (χ3v) is 3.84. The first-order valence-electron chi connectivity index (χ1n) is 7.45. The average Bonchev–Trinajstić information content (AvgIpc) is 3.22.